The van der Waals surface area contributed by atoms with Gasteiger partial charge >= 0.3 is 0 Å². The molecule has 3 rings (SSSR count). The lowest BCUT2D eigenvalue weighted by atomic mass is 10.1. The van der Waals surface area contributed by atoms with Crippen LogP contribution in [0, 0.1) is 0 Å². The number of hydrogen-bond acceptors (Lipinski definition) is 3. The van der Waals surface area contributed by atoms with Gasteiger partial charge in [0.15, 0.2) is 5.69 Å². The summed E-state index contributed by atoms with van der Waals surface area (Å²) in [5, 5.41) is 6.41. The van der Waals surface area contributed by atoms with Crippen molar-refractivity contribution in [3.05, 3.63) is 29.3 Å². The Labute approximate surface area is 116 Å². The predicted octanol–water partition coefficient (Wildman–Crippen LogP) is 2.77. The van der Waals surface area contributed by atoms with Crippen molar-refractivity contribution in [2.75, 3.05) is 13.1 Å². The van der Waals surface area contributed by atoms with Crippen LogP contribution < -0.4 is 0 Å². The SMILES string of the molecule is Cn1nc(C(=O)N2CCCCC2)cc1-c1cccs1. The molecule has 1 saturated heterocycles. The fourth-order valence-corrected chi connectivity index (χ4v) is 3.26. The Morgan fingerprint density at radius 2 is 2.11 bits per heavy atom. The van der Waals surface area contributed by atoms with Crippen LogP contribution >= 0.6 is 11.3 Å². The average molecular weight is 275 g/mol. The number of aryl methyl sites for hydroxylation is 1. The van der Waals surface area contributed by atoms with Gasteiger partial charge in [0.05, 0.1) is 10.6 Å². The summed E-state index contributed by atoms with van der Waals surface area (Å²) in [5.74, 6) is 0.0677. The fraction of sp³-hybridized carbons (Fsp3) is 0.429. The molecule has 0 spiro atoms. The van der Waals surface area contributed by atoms with Gasteiger partial charge in [-0.05, 0) is 36.8 Å². The van der Waals surface area contributed by atoms with E-state index in [-0.39, 0.29) is 5.91 Å². The van der Waals surface area contributed by atoms with E-state index < -0.39 is 0 Å². The number of carbonyl (C=O) groups excluding carboxylic acids is 1. The van der Waals surface area contributed by atoms with Gasteiger partial charge in [-0.15, -0.1) is 11.3 Å². The minimum absolute atomic E-state index is 0.0677. The minimum atomic E-state index is 0.0677. The molecule has 19 heavy (non-hydrogen) atoms. The second-order valence-corrected chi connectivity index (χ2v) is 5.82. The second-order valence-electron chi connectivity index (χ2n) is 4.87. The minimum Gasteiger partial charge on any atom is -0.337 e. The number of hydrogen-bond donors (Lipinski definition) is 0. The third kappa shape index (κ3) is 2.42. The lowest BCUT2D eigenvalue weighted by molar-refractivity contribution is 0.0717. The maximum Gasteiger partial charge on any atom is 0.274 e. The predicted molar refractivity (Wildman–Crippen MR) is 76.3 cm³/mol. The van der Waals surface area contributed by atoms with Crippen molar-refractivity contribution in [3.63, 3.8) is 0 Å². The van der Waals surface area contributed by atoms with Crippen molar-refractivity contribution >= 4 is 17.2 Å². The Kier molecular flexibility index (Phi) is 3.38. The van der Waals surface area contributed by atoms with Crippen molar-refractivity contribution in [1.29, 1.82) is 0 Å². The zero-order valence-corrected chi connectivity index (χ0v) is 11.8. The lowest BCUT2D eigenvalue weighted by Gasteiger charge is -2.25. The van der Waals surface area contributed by atoms with Gasteiger partial charge in [0.1, 0.15) is 0 Å². The molecule has 1 aliphatic rings. The zero-order valence-electron chi connectivity index (χ0n) is 11.0. The number of likely N-dealkylation sites (tertiary alicyclic amines) is 1. The van der Waals surface area contributed by atoms with Gasteiger partial charge in [-0.1, -0.05) is 6.07 Å². The molecule has 0 unspecified atom stereocenters. The summed E-state index contributed by atoms with van der Waals surface area (Å²) < 4.78 is 1.79. The summed E-state index contributed by atoms with van der Waals surface area (Å²) in [6.45, 7) is 1.73. The highest BCUT2D eigenvalue weighted by molar-refractivity contribution is 7.13. The highest BCUT2D eigenvalue weighted by atomic mass is 32.1. The van der Waals surface area contributed by atoms with E-state index in [0.717, 1.165) is 36.5 Å². The Morgan fingerprint density at radius 3 is 2.79 bits per heavy atom. The van der Waals surface area contributed by atoms with Crippen LogP contribution in [-0.4, -0.2) is 33.7 Å². The normalized spacial score (nSPS) is 15.7. The topological polar surface area (TPSA) is 38.1 Å². The van der Waals surface area contributed by atoms with Gasteiger partial charge in [0.2, 0.25) is 0 Å². The highest BCUT2D eigenvalue weighted by Gasteiger charge is 2.21. The first-order valence-electron chi connectivity index (χ1n) is 6.63. The Bertz CT molecular complexity index is 568. The van der Waals surface area contributed by atoms with Crippen LogP contribution in [0.25, 0.3) is 10.6 Å². The van der Waals surface area contributed by atoms with Gasteiger partial charge < -0.3 is 4.90 Å². The van der Waals surface area contributed by atoms with Crippen molar-refractivity contribution in [2.45, 2.75) is 19.3 Å². The standard InChI is InChI=1S/C14H17N3OS/c1-16-12(13-6-5-9-19-13)10-11(15-16)14(18)17-7-3-2-4-8-17/h5-6,9-10H,2-4,7-8H2,1H3. The maximum absolute atomic E-state index is 12.4. The van der Waals surface area contributed by atoms with E-state index in [4.69, 9.17) is 0 Å². The first-order chi connectivity index (χ1) is 9.25. The van der Waals surface area contributed by atoms with E-state index in [1.807, 2.05) is 29.5 Å². The quantitative estimate of drug-likeness (QED) is 0.845. The van der Waals surface area contributed by atoms with Crippen molar-refractivity contribution < 1.29 is 4.79 Å². The van der Waals surface area contributed by atoms with Crippen molar-refractivity contribution in [1.82, 2.24) is 14.7 Å². The van der Waals surface area contributed by atoms with Crippen LogP contribution in [0.4, 0.5) is 0 Å². The lowest BCUT2D eigenvalue weighted by Crippen LogP contribution is -2.35. The molecule has 0 atom stereocenters. The summed E-state index contributed by atoms with van der Waals surface area (Å²) in [5.41, 5.74) is 1.57. The third-order valence-corrected chi connectivity index (χ3v) is 4.41. The van der Waals surface area contributed by atoms with Crippen LogP contribution in [0.15, 0.2) is 23.6 Å². The van der Waals surface area contributed by atoms with E-state index in [0.29, 0.717) is 5.69 Å². The Morgan fingerprint density at radius 1 is 1.32 bits per heavy atom. The van der Waals surface area contributed by atoms with Crippen LogP contribution in [0.5, 0.6) is 0 Å². The van der Waals surface area contributed by atoms with Gasteiger partial charge in [0.25, 0.3) is 5.91 Å². The summed E-state index contributed by atoms with van der Waals surface area (Å²) in [6.07, 6.45) is 3.44. The van der Waals surface area contributed by atoms with E-state index in [1.54, 1.807) is 16.0 Å². The first kappa shape index (κ1) is 12.4. The average Bonchev–Trinajstić information content (AvgIpc) is 3.08. The molecule has 100 valence electrons. The molecular weight excluding hydrogens is 258 g/mol. The van der Waals surface area contributed by atoms with Crippen LogP contribution in [-0.2, 0) is 7.05 Å². The molecule has 0 radical (unpaired) electrons. The van der Waals surface area contributed by atoms with Crippen molar-refractivity contribution in [3.8, 4) is 10.6 Å². The summed E-state index contributed by atoms with van der Waals surface area (Å²) in [7, 11) is 1.89. The van der Waals surface area contributed by atoms with Gasteiger partial charge in [0, 0.05) is 20.1 Å². The molecule has 0 saturated carbocycles. The van der Waals surface area contributed by atoms with Crippen LogP contribution in [0.2, 0.25) is 0 Å². The monoisotopic (exact) mass is 275 g/mol. The number of amides is 1. The zero-order chi connectivity index (χ0) is 13.2. The van der Waals surface area contributed by atoms with E-state index >= 15 is 0 Å². The Hall–Kier alpha value is -1.62. The van der Waals surface area contributed by atoms with Crippen molar-refractivity contribution in [2.24, 2.45) is 7.05 Å². The molecule has 1 amide bonds. The fourth-order valence-electron chi connectivity index (χ4n) is 2.49. The molecule has 1 aliphatic heterocycles. The number of carbonyl (C=O) groups is 1. The number of aromatic nitrogens is 2. The number of rotatable bonds is 2. The third-order valence-electron chi connectivity index (χ3n) is 3.52. The number of piperidine rings is 1. The van der Waals surface area contributed by atoms with Gasteiger partial charge in [-0.25, -0.2) is 0 Å². The van der Waals surface area contributed by atoms with Crippen LogP contribution in [0.1, 0.15) is 29.8 Å². The number of thiophene rings is 1. The van der Waals surface area contributed by atoms with E-state index in [9.17, 15) is 4.79 Å². The molecule has 2 aromatic heterocycles. The molecular formula is C14H17N3OS. The molecule has 0 aromatic carbocycles. The molecule has 0 N–H and O–H groups in total. The Balaban J connectivity index is 1.85. The second kappa shape index (κ2) is 5.17. The molecule has 1 fully saturated rings. The molecule has 3 heterocycles. The van der Waals surface area contributed by atoms with E-state index in [2.05, 4.69) is 11.2 Å². The molecule has 0 bridgehead atoms. The molecule has 2 aromatic rings. The summed E-state index contributed by atoms with van der Waals surface area (Å²) in [4.78, 5) is 15.5. The van der Waals surface area contributed by atoms with Crippen LogP contribution in [0.3, 0.4) is 0 Å². The van der Waals surface area contributed by atoms with E-state index in [1.165, 1.54) is 6.42 Å². The molecule has 5 heteroatoms. The molecule has 0 aliphatic carbocycles. The summed E-state index contributed by atoms with van der Waals surface area (Å²) in [6, 6.07) is 5.97. The summed E-state index contributed by atoms with van der Waals surface area (Å²) >= 11 is 1.67. The maximum atomic E-state index is 12.4. The first-order valence-corrected chi connectivity index (χ1v) is 7.51. The van der Waals surface area contributed by atoms with Gasteiger partial charge in [-0.2, -0.15) is 5.10 Å². The number of nitrogens with zero attached hydrogens (tertiary/aromatic N) is 3. The van der Waals surface area contributed by atoms with Gasteiger partial charge in [-0.3, -0.25) is 9.48 Å². The molecule has 4 nitrogen and oxygen atoms in total. The smallest absolute Gasteiger partial charge is 0.274 e. The largest absolute Gasteiger partial charge is 0.337 e. The highest BCUT2D eigenvalue weighted by Crippen LogP contribution is 2.25.